The number of rotatable bonds is 3. The number of Topliss-reactive ketones (excluding diaryl/α,β-unsaturated/α-hetero) is 1. The maximum absolute atomic E-state index is 13.4. The summed E-state index contributed by atoms with van der Waals surface area (Å²) in [4.78, 5) is 26.5. The first-order valence-electron chi connectivity index (χ1n) is 11.2. The molecule has 0 spiro atoms. The van der Waals surface area contributed by atoms with Crippen LogP contribution in [-0.4, -0.2) is 11.6 Å². The lowest BCUT2D eigenvalue weighted by atomic mass is 9.73. The molecule has 1 aliphatic carbocycles. The SMILES string of the molecule is CC1(C)CC(=O)C2=C(C1)Nc1cc(C(=O)c3ccccc3)ccc1N[C@H]2c1ccc(Cl)cc1Cl. The zero-order valence-corrected chi connectivity index (χ0v) is 20.4. The van der Waals surface area contributed by atoms with Crippen LogP contribution < -0.4 is 10.6 Å². The zero-order chi connectivity index (χ0) is 24.0. The van der Waals surface area contributed by atoms with E-state index in [1.54, 1.807) is 30.3 Å². The number of hydrogen-bond donors (Lipinski definition) is 2. The molecular weight excluding hydrogens is 467 g/mol. The summed E-state index contributed by atoms with van der Waals surface area (Å²) in [5.41, 5.74) is 4.89. The smallest absolute Gasteiger partial charge is 0.193 e. The van der Waals surface area contributed by atoms with Crippen LogP contribution in [-0.2, 0) is 4.79 Å². The van der Waals surface area contributed by atoms with Crippen molar-refractivity contribution >= 4 is 46.1 Å². The van der Waals surface area contributed by atoms with Gasteiger partial charge in [0.05, 0.1) is 17.4 Å². The molecule has 2 aliphatic rings. The van der Waals surface area contributed by atoms with Gasteiger partial charge in [0, 0.05) is 38.9 Å². The summed E-state index contributed by atoms with van der Waals surface area (Å²) >= 11 is 12.7. The molecule has 0 fully saturated rings. The van der Waals surface area contributed by atoms with Crippen LogP contribution in [0.5, 0.6) is 0 Å². The lowest BCUT2D eigenvalue weighted by molar-refractivity contribution is -0.118. The molecule has 5 rings (SSSR count). The fraction of sp³-hybridized carbons (Fsp3) is 0.214. The molecule has 1 heterocycles. The lowest BCUT2D eigenvalue weighted by Gasteiger charge is -2.34. The molecule has 3 aromatic rings. The van der Waals surface area contributed by atoms with E-state index in [2.05, 4.69) is 24.5 Å². The van der Waals surface area contributed by atoms with E-state index in [1.807, 2.05) is 36.4 Å². The van der Waals surface area contributed by atoms with Crippen molar-refractivity contribution in [1.82, 2.24) is 0 Å². The number of carbonyl (C=O) groups excluding carboxylic acids is 2. The van der Waals surface area contributed by atoms with Crippen molar-refractivity contribution in [2.45, 2.75) is 32.7 Å². The zero-order valence-electron chi connectivity index (χ0n) is 18.9. The minimum atomic E-state index is -0.437. The van der Waals surface area contributed by atoms with E-state index in [0.29, 0.717) is 39.6 Å². The van der Waals surface area contributed by atoms with Gasteiger partial charge in [0.25, 0.3) is 0 Å². The molecule has 34 heavy (non-hydrogen) atoms. The summed E-state index contributed by atoms with van der Waals surface area (Å²) in [7, 11) is 0. The standard InChI is InChI=1S/C28H24Cl2N2O2/c1-28(2)14-23-25(24(33)15-28)26(19-10-9-18(29)13-20(19)30)32-21-11-8-17(12-22(21)31-23)27(34)16-6-4-3-5-7-16/h3-13,26,31-32H,14-15H2,1-2H3/t26-/m0/s1. The number of fused-ring (bicyclic) bond motifs is 1. The van der Waals surface area contributed by atoms with E-state index < -0.39 is 6.04 Å². The Morgan fingerprint density at radius 2 is 1.68 bits per heavy atom. The van der Waals surface area contributed by atoms with Crippen LogP contribution in [0, 0.1) is 5.41 Å². The van der Waals surface area contributed by atoms with Crippen molar-refractivity contribution in [2.24, 2.45) is 5.41 Å². The molecule has 1 aliphatic heterocycles. The molecule has 6 heteroatoms. The molecule has 0 aromatic heterocycles. The summed E-state index contributed by atoms with van der Waals surface area (Å²) in [6.45, 7) is 4.18. The summed E-state index contributed by atoms with van der Waals surface area (Å²) < 4.78 is 0. The third-order valence-corrected chi connectivity index (χ3v) is 6.95. The second-order valence-electron chi connectivity index (χ2n) is 9.66. The van der Waals surface area contributed by atoms with Gasteiger partial charge in [0.1, 0.15) is 0 Å². The largest absolute Gasteiger partial charge is 0.372 e. The van der Waals surface area contributed by atoms with Gasteiger partial charge in [-0.15, -0.1) is 0 Å². The molecule has 0 saturated carbocycles. The highest BCUT2D eigenvalue weighted by atomic mass is 35.5. The van der Waals surface area contributed by atoms with Crippen LogP contribution in [0.4, 0.5) is 11.4 Å². The van der Waals surface area contributed by atoms with Crippen LogP contribution in [0.3, 0.4) is 0 Å². The molecule has 3 aromatic carbocycles. The van der Waals surface area contributed by atoms with Crippen LogP contribution in [0.25, 0.3) is 0 Å². The van der Waals surface area contributed by atoms with E-state index in [-0.39, 0.29) is 17.0 Å². The molecule has 0 bridgehead atoms. The average Bonchev–Trinajstić information content (AvgIpc) is 2.94. The van der Waals surface area contributed by atoms with Crippen molar-refractivity contribution in [1.29, 1.82) is 0 Å². The maximum Gasteiger partial charge on any atom is 0.193 e. The topological polar surface area (TPSA) is 58.2 Å². The van der Waals surface area contributed by atoms with Gasteiger partial charge in [-0.05, 0) is 47.7 Å². The van der Waals surface area contributed by atoms with Crippen molar-refractivity contribution in [3.8, 4) is 0 Å². The van der Waals surface area contributed by atoms with Crippen LogP contribution in [0.1, 0.15) is 54.2 Å². The van der Waals surface area contributed by atoms with Crippen molar-refractivity contribution in [3.63, 3.8) is 0 Å². The normalized spacial score (nSPS) is 18.8. The predicted molar refractivity (Wildman–Crippen MR) is 138 cm³/mol. The Morgan fingerprint density at radius 1 is 0.912 bits per heavy atom. The fourth-order valence-electron chi connectivity index (χ4n) is 4.81. The van der Waals surface area contributed by atoms with Gasteiger partial charge < -0.3 is 10.6 Å². The second kappa shape index (κ2) is 8.61. The highest BCUT2D eigenvalue weighted by Gasteiger charge is 2.39. The highest BCUT2D eigenvalue weighted by molar-refractivity contribution is 6.35. The summed E-state index contributed by atoms with van der Waals surface area (Å²) in [6, 6.07) is 19.6. The Balaban J connectivity index is 1.63. The molecule has 0 amide bonds. The first-order chi connectivity index (χ1) is 16.2. The Bertz CT molecular complexity index is 1350. The number of ketones is 2. The van der Waals surface area contributed by atoms with Crippen molar-refractivity contribution in [2.75, 3.05) is 10.6 Å². The second-order valence-corrected chi connectivity index (χ2v) is 10.5. The van der Waals surface area contributed by atoms with E-state index in [9.17, 15) is 9.59 Å². The third-order valence-electron chi connectivity index (χ3n) is 6.39. The quantitative estimate of drug-likeness (QED) is 0.374. The number of carbonyl (C=O) groups is 2. The minimum Gasteiger partial charge on any atom is -0.372 e. The van der Waals surface area contributed by atoms with Crippen LogP contribution in [0.2, 0.25) is 10.0 Å². The molecule has 0 unspecified atom stereocenters. The predicted octanol–water partition coefficient (Wildman–Crippen LogP) is 7.45. The van der Waals surface area contributed by atoms with Gasteiger partial charge in [-0.3, -0.25) is 9.59 Å². The van der Waals surface area contributed by atoms with Crippen LogP contribution in [0.15, 0.2) is 78.0 Å². The van der Waals surface area contributed by atoms with Gasteiger partial charge in [-0.25, -0.2) is 0 Å². The molecule has 0 radical (unpaired) electrons. The van der Waals surface area contributed by atoms with E-state index in [4.69, 9.17) is 23.2 Å². The van der Waals surface area contributed by atoms with Crippen molar-refractivity contribution < 1.29 is 9.59 Å². The molecule has 2 N–H and O–H groups in total. The lowest BCUT2D eigenvalue weighted by Crippen LogP contribution is -2.31. The average molecular weight is 491 g/mol. The molecule has 1 atom stereocenters. The summed E-state index contributed by atoms with van der Waals surface area (Å²) in [6.07, 6.45) is 1.15. The van der Waals surface area contributed by atoms with Crippen molar-refractivity contribution in [3.05, 3.63) is 105 Å². The van der Waals surface area contributed by atoms with Crippen LogP contribution >= 0.6 is 23.2 Å². The number of allylic oxidation sites excluding steroid dienone is 1. The Labute approximate surface area is 209 Å². The van der Waals surface area contributed by atoms with Gasteiger partial charge in [-0.1, -0.05) is 73.4 Å². The molecule has 0 saturated heterocycles. The number of anilines is 2. The summed E-state index contributed by atoms with van der Waals surface area (Å²) in [5.74, 6) is 0.0247. The number of benzene rings is 3. The van der Waals surface area contributed by atoms with Gasteiger partial charge >= 0.3 is 0 Å². The number of halogens is 2. The minimum absolute atomic E-state index is 0.0546. The Hall–Kier alpha value is -3.08. The Kier molecular flexibility index (Phi) is 5.75. The highest BCUT2D eigenvalue weighted by Crippen LogP contribution is 2.46. The van der Waals surface area contributed by atoms with Gasteiger partial charge in [0.2, 0.25) is 0 Å². The summed E-state index contributed by atoms with van der Waals surface area (Å²) in [5, 5.41) is 8.05. The van der Waals surface area contributed by atoms with E-state index in [0.717, 1.165) is 22.6 Å². The van der Waals surface area contributed by atoms with E-state index in [1.165, 1.54) is 0 Å². The number of hydrogen-bond acceptors (Lipinski definition) is 4. The molecule has 4 nitrogen and oxygen atoms in total. The number of nitrogens with one attached hydrogen (secondary N) is 2. The van der Waals surface area contributed by atoms with Gasteiger partial charge in [0.15, 0.2) is 11.6 Å². The third kappa shape index (κ3) is 4.24. The van der Waals surface area contributed by atoms with E-state index >= 15 is 0 Å². The maximum atomic E-state index is 13.4. The molecular formula is C28H24Cl2N2O2. The molecule has 172 valence electrons. The Morgan fingerprint density at radius 3 is 2.41 bits per heavy atom. The van der Waals surface area contributed by atoms with Gasteiger partial charge in [-0.2, -0.15) is 0 Å². The monoisotopic (exact) mass is 490 g/mol. The first kappa shape index (κ1) is 22.7. The first-order valence-corrected chi connectivity index (χ1v) is 12.0. The fourth-order valence-corrected chi connectivity index (χ4v) is 5.33.